The first kappa shape index (κ1) is 22.7. The van der Waals surface area contributed by atoms with Crippen LogP contribution in [0.4, 0.5) is 5.69 Å². The Hall–Kier alpha value is -2.51. The number of carbonyl (C=O) groups is 2. The van der Waals surface area contributed by atoms with Crippen molar-refractivity contribution in [3.8, 4) is 0 Å². The SMILES string of the molecule is Cc1ncc(C(=O)Nc2cc(Cl)cc(CN3CCN(C(=O)C4CCCC4)CC3)c2C)cn1. The minimum Gasteiger partial charge on any atom is -0.340 e. The molecule has 2 amide bonds. The monoisotopic (exact) mass is 455 g/mol. The van der Waals surface area contributed by atoms with Crippen LogP contribution in [0.5, 0.6) is 0 Å². The first-order chi connectivity index (χ1) is 15.4. The number of anilines is 1. The van der Waals surface area contributed by atoms with E-state index in [1.165, 1.54) is 25.2 Å². The lowest BCUT2D eigenvalue weighted by molar-refractivity contribution is -0.137. The maximum atomic E-state index is 12.7. The van der Waals surface area contributed by atoms with Crippen molar-refractivity contribution in [2.75, 3.05) is 31.5 Å². The Morgan fingerprint density at radius 2 is 1.72 bits per heavy atom. The van der Waals surface area contributed by atoms with Crippen LogP contribution < -0.4 is 5.32 Å². The maximum Gasteiger partial charge on any atom is 0.258 e. The zero-order valence-electron chi connectivity index (χ0n) is 18.7. The molecule has 2 fully saturated rings. The zero-order chi connectivity index (χ0) is 22.7. The van der Waals surface area contributed by atoms with Crippen LogP contribution in [0.3, 0.4) is 0 Å². The Balaban J connectivity index is 1.39. The van der Waals surface area contributed by atoms with Crippen molar-refractivity contribution in [1.29, 1.82) is 0 Å². The van der Waals surface area contributed by atoms with Crippen molar-refractivity contribution in [3.63, 3.8) is 0 Å². The lowest BCUT2D eigenvalue weighted by Gasteiger charge is -2.36. The Labute approximate surface area is 194 Å². The predicted molar refractivity (Wildman–Crippen MR) is 125 cm³/mol. The molecule has 1 aromatic heterocycles. The molecule has 0 spiro atoms. The fourth-order valence-corrected chi connectivity index (χ4v) is 4.77. The van der Waals surface area contributed by atoms with Crippen LogP contribution >= 0.6 is 11.6 Å². The standard InChI is InChI=1S/C24H30ClN5O2/c1-16-19(15-29-7-9-30(10-8-29)24(32)18-5-3-4-6-18)11-21(25)12-22(16)28-23(31)20-13-26-17(2)27-14-20/h11-14,18H,3-10,15H2,1-2H3,(H,28,31). The highest BCUT2D eigenvalue weighted by atomic mass is 35.5. The number of hydrogen-bond acceptors (Lipinski definition) is 5. The lowest BCUT2D eigenvalue weighted by atomic mass is 10.0. The summed E-state index contributed by atoms with van der Waals surface area (Å²) in [5, 5.41) is 3.52. The first-order valence-corrected chi connectivity index (χ1v) is 11.7. The zero-order valence-corrected chi connectivity index (χ0v) is 19.5. The molecule has 1 aromatic carbocycles. The second kappa shape index (κ2) is 9.96. The maximum absolute atomic E-state index is 12.7. The van der Waals surface area contributed by atoms with E-state index in [1.807, 2.05) is 17.9 Å². The highest BCUT2D eigenvalue weighted by molar-refractivity contribution is 6.31. The number of piperazine rings is 1. The van der Waals surface area contributed by atoms with Crippen molar-refractivity contribution in [3.05, 3.63) is 52.1 Å². The van der Waals surface area contributed by atoms with Gasteiger partial charge in [-0.05, 0) is 49.9 Å². The molecule has 1 saturated carbocycles. The summed E-state index contributed by atoms with van der Waals surface area (Å²) in [6.45, 7) is 7.72. The van der Waals surface area contributed by atoms with Crippen LogP contribution in [-0.2, 0) is 11.3 Å². The van der Waals surface area contributed by atoms with Crippen molar-refractivity contribution in [2.45, 2.75) is 46.1 Å². The lowest BCUT2D eigenvalue weighted by Crippen LogP contribution is -2.49. The number of carbonyl (C=O) groups excluding carboxylic acids is 2. The molecule has 8 heteroatoms. The van der Waals surface area contributed by atoms with Gasteiger partial charge in [0.05, 0.1) is 5.56 Å². The molecule has 1 saturated heterocycles. The van der Waals surface area contributed by atoms with Gasteiger partial charge in [0.2, 0.25) is 5.91 Å². The highest BCUT2D eigenvalue weighted by Gasteiger charge is 2.29. The molecule has 2 aromatic rings. The minimum atomic E-state index is -0.264. The number of nitrogens with one attached hydrogen (secondary N) is 1. The smallest absolute Gasteiger partial charge is 0.258 e. The van der Waals surface area contributed by atoms with Crippen molar-refractivity contribution in [2.24, 2.45) is 5.92 Å². The summed E-state index contributed by atoms with van der Waals surface area (Å²) in [7, 11) is 0. The van der Waals surface area contributed by atoms with Gasteiger partial charge in [0.25, 0.3) is 5.91 Å². The fraction of sp³-hybridized carbons (Fsp3) is 0.500. The summed E-state index contributed by atoms with van der Waals surface area (Å²) in [5.41, 5.74) is 3.15. The van der Waals surface area contributed by atoms with Crippen molar-refractivity contribution < 1.29 is 9.59 Å². The molecule has 1 aliphatic carbocycles. The van der Waals surface area contributed by atoms with Crippen LogP contribution in [0.1, 0.15) is 53.0 Å². The molecule has 1 aliphatic heterocycles. The summed E-state index contributed by atoms with van der Waals surface area (Å²) < 4.78 is 0. The largest absolute Gasteiger partial charge is 0.340 e. The Morgan fingerprint density at radius 3 is 2.38 bits per heavy atom. The number of rotatable bonds is 5. The molecular formula is C24H30ClN5O2. The summed E-state index contributed by atoms with van der Waals surface area (Å²) in [5.74, 6) is 0.932. The van der Waals surface area contributed by atoms with E-state index in [2.05, 4.69) is 20.2 Å². The summed E-state index contributed by atoms with van der Waals surface area (Å²) in [4.78, 5) is 37.9. The van der Waals surface area contributed by atoms with Gasteiger partial charge in [-0.15, -0.1) is 0 Å². The van der Waals surface area contributed by atoms with Gasteiger partial charge in [-0.2, -0.15) is 0 Å². The highest BCUT2D eigenvalue weighted by Crippen LogP contribution is 2.28. The Bertz CT molecular complexity index is 981. The molecule has 0 radical (unpaired) electrons. The Kier molecular flexibility index (Phi) is 7.06. The average molecular weight is 456 g/mol. The summed E-state index contributed by atoms with van der Waals surface area (Å²) >= 11 is 6.38. The molecule has 170 valence electrons. The molecular weight excluding hydrogens is 426 g/mol. The second-order valence-electron chi connectivity index (χ2n) is 8.79. The molecule has 0 unspecified atom stereocenters. The van der Waals surface area contributed by atoms with Crippen LogP contribution in [0.2, 0.25) is 5.02 Å². The van der Waals surface area contributed by atoms with Crippen LogP contribution in [0.25, 0.3) is 0 Å². The number of aryl methyl sites for hydroxylation is 1. The quantitative estimate of drug-likeness (QED) is 0.741. The van der Waals surface area contributed by atoms with E-state index in [1.54, 1.807) is 13.0 Å². The molecule has 0 bridgehead atoms. The number of amides is 2. The Morgan fingerprint density at radius 1 is 1.06 bits per heavy atom. The molecule has 0 atom stereocenters. The third-order valence-electron chi connectivity index (χ3n) is 6.55. The van der Waals surface area contributed by atoms with Crippen molar-refractivity contribution >= 4 is 29.1 Å². The van der Waals surface area contributed by atoms with Gasteiger partial charge < -0.3 is 10.2 Å². The van der Waals surface area contributed by atoms with E-state index in [-0.39, 0.29) is 11.8 Å². The number of aromatic nitrogens is 2. The minimum absolute atomic E-state index is 0.238. The molecule has 32 heavy (non-hydrogen) atoms. The fourth-order valence-electron chi connectivity index (χ4n) is 4.53. The van der Waals surface area contributed by atoms with Gasteiger partial charge in [-0.3, -0.25) is 14.5 Å². The van der Waals surface area contributed by atoms with Gasteiger partial charge >= 0.3 is 0 Å². The topological polar surface area (TPSA) is 78.4 Å². The van der Waals surface area contributed by atoms with Crippen LogP contribution in [0.15, 0.2) is 24.5 Å². The molecule has 4 rings (SSSR count). The second-order valence-corrected chi connectivity index (χ2v) is 9.23. The van der Waals surface area contributed by atoms with Gasteiger partial charge in [-0.1, -0.05) is 24.4 Å². The number of nitrogens with zero attached hydrogens (tertiary/aromatic N) is 4. The van der Waals surface area contributed by atoms with Crippen LogP contribution in [0, 0.1) is 19.8 Å². The predicted octanol–water partition coefficient (Wildman–Crippen LogP) is 3.83. The van der Waals surface area contributed by atoms with Gasteiger partial charge in [0.1, 0.15) is 5.82 Å². The molecule has 2 aliphatic rings. The average Bonchev–Trinajstić information content (AvgIpc) is 3.32. The first-order valence-electron chi connectivity index (χ1n) is 11.3. The van der Waals surface area contributed by atoms with E-state index >= 15 is 0 Å². The van der Waals surface area contributed by atoms with E-state index < -0.39 is 0 Å². The van der Waals surface area contributed by atoms with Crippen molar-refractivity contribution in [1.82, 2.24) is 19.8 Å². The summed E-state index contributed by atoms with van der Waals surface area (Å²) in [6.07, 6.45) is 7.49. The van der Waals surface area contributed by atoms with Crippen LogP contribution in [-0.4, -0.2) is 57.8 Å². The van der Waals surface area contributed by atoms with Gasteiger partial charge in [0.15, 0.2) is 0 Å². The van der Waals surface area contributed by atoms with E-state index in [0.717, 1.165) is 56.7 Å². The summed E-state index contributed by atoms with van der Waals surface area (Å²) in [6, 6.07) is 3.73. The number of halogens is 1. The number of benzene rings is 1. The van der Waals surface area contributed by atoms with Gasteiger partial charge in [-0.25, -0.2) is 9.97 Å². The molecule has 7 nitrogen and oxygen atoms in total. The molecule has 1 N–H and O–H groups in total. The third-order valence-corrected chi connectivity index (χ3v) is 6.77. The normalized spacial score (nSPS) is 17.5. The number of hydrogen-bond donors (Lipinski definition) is 1. The van der Waals surface area contributed by atoms with E-state index in [4.69, 9.17) is 11.6 Å². The van der Waals surface area contributed by atoms with Gasteiger partial charge in [0, 0.05) is 61.7 Å². The van der Waals surface area contributed by atoms with E-state index in [9.17, 15) is 9.59 Å². The molecule has 2 heterocycles. The third kappa shape index (κ3) is 5.27. The van der Waals surface area contributed by atoms with E-state index in [0.29, 0.717) is 28.0 Å².